The van der Waals surface area contributed by atoms with Crippen molar-refractivity contribution < 1.29 is 0 Å². The zero-order chi connectivity index (χ0) is 11.6. The first-order chi connectivity index (χ1) is 7.66. The average molecular weight is 219 g/mol. The summed E-state index contributed by atoms with van der Waals surface area (Å²) in [5.74, 6) is 1.67. The Labute approximate surface area is 97.5 Å². The molecule has 0 saturated heterocycles. The fourth-order valence-corrected chi connectivity index (χ4v) is 2.59. The maximum atomic E-state index is 6.00. The molecule has 0 unspecified atom stereocenters. The summed E-state index contributed by atoms with van der Waals surface area (Å²) in [6.45, 7) is 4.96. The van der Waals surface area contributed by atoms with Crippen LogP contribution in [0.15, 0.2) is 12.4 Å². The quantitative estimate of drug-likeness (QED) is 0.829. The monoisotopic (exact) mass is 219 g/mol. The Balaban J connectivity index is 2.24. The van der Waals surface area contributed by atoms with E-state index >= 15 is 0 Å². The minimum Gasteiger partial charge on any atom is -0.330 e. The van der Waals surface area contributed by atoms with Crippen LogP contribution in [0.2, 0.25) is 0 Å². The molecule has 0 amide bonds. The highest BCUT2D eigenvalue weighted by Crippen LogP contribution is 2.40. The Morgan fingerprint density at radius 2 is 1.88 bits per heavy atom. The van der Waals surface area contributed by atoms with Crippen LogP contribution in [0.1, 0.15) is 44.0 Å². The number of nitrogens with zero attached hydrogens (tertiary/aromatic N) is 2. The molecular weight excluding hydrogens is 198 g/mol. The fraction of sp³-hybridized carbons (Fsp3) is 0.692. The van der Waals surface area contributed by atoms with Crippen molar-refractivity contribution in [2.45, 2.75) is 44.9 Å². The molecule has 0 aromatic carbocycles. The fourth-order valence-electron chi connectivity index (χ4n) is 2.59. The van der Waals surface area contributed by atoms with E-state index in [4.69, 9.17) is 5.73 Å². The van der Waals surface area contributed by atoms with E-state index in [-0.39, 0.29) is 5.41 Å². The summed E-state index contributed by atoms with van der Waals surface area (Å²) in [7, 11) is 0. The van der Waals surface area contributed by atoms with E-state index < -0.39 is 0 Å². The molecule has 1 aromatic heterocycles. The summed E-state index contributed by atoms with van der Waals surface area (Å²) in [6.07, 6.45) is 8.82. The van der Waals surface area contributed by atoms with Crippen LogP contribution < -0.4 is 5.73 Å². The lowest BCUT2D eigenvalue weighted by Gasteiger charge is -2.38. The molecule has 0 spiro atoms. The maximum Gasteiger partial charge on any atom is 0.125 e. The molecule has 1 saturated carbocycles. The number of rotatable bonds is 2. The van der Waals surface area contributed by atoms with Crippen LogP contribution in [-0.4, -0.2) is 16.5 Å². The maximum absolute atomic E-state index is 6.00. The molecule has 0 bridgehead atoms. The van der Waals surface area contributed by atoms with E-state index in [1.54, 1.807) is 0 Å². The minimum atomic E-state index is 0.139. The van der Waals surface area contributed by atoms with Gasteiger partial charge in [0, 0.05) is 24.4 Å². The second-order valence-corrected chi connectivity index (χ2v) is 5.19. The molecular formula is C13H21N3. The SMILES string of the molecule is Cc1ncc(C2(CN)CCC(C)CC2)cn1. The number of nitrogens with two attached hydrogens (primary N) is 1. The van der Waals surface area contributed by atoms with Gasteiger partial charge in [0.25, 0.3) is 0 Å². The third-order valence-electron chi connectivity index (χ3n) is 4.02. The van der Waals surface area contributed by atoms with E-state index in [1.807, 2.05) is 19.3 Å². The van der Waals surface area contributed by atoms with Crippen LogP contribution in [0.25, 0.3) is 0 Å². The second-order valence-electron chi connectivity index (χ2n) is 5.19. The van der Waals surface area contributed by atoms with Gasteiger partial charge >= 0.3 is 0 Å². The van der Waals surface area contributed by atoms with Gasteiger partial charge in [-0.1, -0.05) is 6.92 Å². The zero-order valence-electron chi connectivity index (χ0n) is 10.2. The van der Waals surface area contributed by atoms with Crippen LogP contribution in [0.3, 0.4) is 0 Å². The highest BCUT2D eigenvalue weighted by Gasteiger charge is 2.35. The molecule has 1 aliphatic rings. The molecule has 3 heteroatoms. The van der Waals surface area contributed by atoms with Crippen molar-refractivity contribution in [2.24, 2.45) is 11.7 Å². The zero-order valence-corrected chi connectivity index (χ0v) is 10.2. The summed E-state index contributed by atoms with van der Waals surface area (Å²) in [6, 6.07) is 0. The largest absolute Gasteiger partial charge is 0.330 e. The normalized spacial score (nSPS) is 30.3. The molecule has 0 radical (unpaired) electrons. The lowest BCUT2D eigenvalue weighted by atomic mass is 9.68. The van der Waals surface area contributed by atoms with Crippen molar-refractivity contribution in [1.82, 2.24) is 9.97 Å². The lowest BCUT2D eigenvalue weighted by Crippen LogP contribution is -2.38. The van der Waals surface area contributed by atoms with E-state index in [0.717, 1.165) is 11.7 Å². The van der Waals surface area contributed by atoms with E-state index in [2.05, 4.69) is 16.9 Å². The van der Waals surface area contributed by atoms with Crippen LogP contribution in [-0.2, 0) is 5.41 Å². The van der Waals surface area contributed by atoms with Crippen molar-refractivity contribution in [3.63, 3.8) is 0 Å². The number of hydrogen-bond donors (Lipinski definition) is 1. The molecule has 0 aliphatic heterocycles. The van der Waals surface area contributed by atoms with Gasteiger partial charge in [-0.2, -0.15) is 0 Å². The van der Waals surface area contributed by atoms with Gasteiger partial charge in [0.05, 0.1) is 0 Å². The predicted octanol–water partition coefficient (Wildman–Crippen LogP) is 2.19. The molecule has 2 N–H and O–H groups in total. The topological polar surface area (TPSA) is 51.8 Å². The minimum absolute atomic E-state index is 0.139. The van der Waals surface area contributed by atoms with Gasteiger partial charge in [-0.05, 0) is 44.1 Å². The predicted molar refractivity (Wildman–Crippen MR) is 65.1 cm³/mol. The molecule has 88 valence electrons. The van der Waals surface area contributed by atoms with Gasteiger partial charge in [-0.3, -0.25) is 0 Å². The number of aromatic nitrogens is 2. The van der Waals surface area contributed by atoms with Gasteiger partial charge in [0.2, 0.25) is 0 Å². The first kappa shape index (κ1) is 11.5. The van der Waals surface area contributed by atoms with Gasteiger partial charge in [0.15, 0.2) is 0 Å². The molecule has 1 aromatic rings. The first-order valence-corrected chi connectivity index (χ1v) is 6.15. The van der Waals surface area contributed by atoms with Gasteiger partial charge < -0.3 is 5.73 Å². The Hall–Kier alpha value is -0.960. The number of aryl methyl sites for hydroxylation is 1. The highest BCUT2D eigenvalue weighted by atomic mass is 14.9. The summed E-state index contributed by atoms with van der Waals surface area (Å²) in [5, 5.41) is 0. The lowest BCUT2D eigenvalue weighted by molar-refractivity contribution is 0.246. The van der Waals surface area contributed by atoms with Crippen molar-refractivity contribution in [2.75, 3.05) is 6.54 Å². The third kappa shape index (κ3) is 2.09. The molecule has 16 heavy (non-hydrogen) atoms. The summed E-state index contributed by atoms with van der Waals surface area (Å²) >= 11 is 0. The summed E-state index contributed by atoms with van der Waals surface area (Å²) in [5.41, 5.74) is 7.37. The van der Waals surface area contributed by atoms with Gasteiger partial charge in [-0.15, -0.1) is 0 Å². The van der Waals surface area contributed by atoms with Gasteiger partial charge in [-0.25, -0.2) is 9.97 Å². The van der Waals surface area contributed by atoms with Crippen LogP contribution in [0.4, 0.5) is 0 Å². The highest BCUT2D eigenvalue weighted by molar-refractivity contribution is 5.21. The molecule has 3 nitrogen and oxygen atoms in total. The second kappa shape index (κ2) is 4.50. The van der Waals surface area contributed by atoms with Crippen molar-refractivity contribution in [3.05, 3.63) is 23.8 Å². The van der Waals surface area contributed by atoms with Crippen LogP contribution in [0, 0.1) is 12.8 Å². The Bertz CT molecular complexity index is 337. The van der Waals surface area contributed by atoms with Crippen LogP contribution >= 0.6 is 0 Å². The molecule has 2 rings (SSSR count). The summed E-state index contributed by atoms with van der Waals surface area (Å²) in [4.78, 5) is 8.60. The third-order valence-corrected chi connectivity index (χ3v) is 4.02. The smallest absolute Gasteiger partial charge is 0.125 e. The Kier molecular flexibility index (Phi) is 3.24. The van der Waals surface area contributed by atoms with E-state index in [1.165, 1.54) is 31.2 Å². The Morgan fingerprint density at radius 1 is 1.31 bits per heavy atom. The van der Waals surface area contributed by atoms with Gasteiger partial charge in [0.1, 0.15) is 5.82 Å². The average Bonchev–Trinajstić information content (AvgIpc) is 2.32. The molecule has 0 atom stereocenters. The van der Waals surface area contributed by atoms with E-state index in [9.17, 15) is 0 Å². The molecule has 1 heterocycles. The molecule has 1 fully saturated rings. The van der Waals surface area contributed by atoms with Crippen molar-refractivity contribution >= 4 is 0 Å². The van der Waals surface area contributed by atoms with Crippen molar-refractivity contribution in [3.8, 4) is 0 Å². The number of hydrogen-bond acceptors (Lipinski definition) is 3. The van der Waals surface area contributed by atoms with E-state index in [0.29, 0.717) is 6.54 Å². The van der Waals surface area contributed by atoms with Crippen LogP contribution in [0.5, 0.6) is 0 Å². The van der Waals surface area contributed by atoms with Crippen molar-refractivity contribution in [1.29, 1.82) is 0 Å². The molecule has 1 aliphatic carbocycles. The summed E-state index contributed by atoms with van der Waals surface area (Å²) < 4.78 is 0. The standard InChI is InChI=1S/C13H21N3/c1-10-3-5-13(9-14,6-4-10)12-7-15-11(2)16-8-12/h7-8,10H,3-6,9,14H2,1-2H3. The first-order valence-electron chi connectivity index (χ1n) is 6.15. The Morgan fingerprint density at radius 3 is 2.38 bits per heavy atom.